The number of aliphatic hydroxyl groups excluding tert-OH is 1. The third-order valence-corrected chi connectivity index (χ3v) is 18.6. The minimum absolute atomic E-state index is 0.101. The van der Waals surface area contributed by atoms with Crippen LogP contribution >= 0.6 is 15.6 Å². The molecule has 8 atom stereocenters. The van der Waals surface area contributed by atoms with Gasteiger partial charge >= 0.3 is 39.5 Å². The molecule has 516 valence electrons. The van der Waals surface area contributed by atoms with Gasteiger partial charge < -0.3 is 33.8 Å². The molecule has 0 aliphatic rings. The SMILES string of the molecule is CCC(C)CCCCCCCCCCCCC(=O)O[C@H](COC(=O)CCCCCCCCCCCCC(C)C)COP(=O)(O)OC[C@@H](O)COP(=O)(O)OC[C@@H](COC(=O)CCCCCCCCC(C)CC)OC(=O)CCCCCCCCC(C)CC. The van der Waals surface area contributed by atoms with Crippen LogP contribution in [0, 0.1) is 23.7 Å². The van der Waals surface area contributed by atoms with Crippen LogP contribution in [0.5, 0.6) is 0 Å². The topological polar surface area (TPSA) is 237 Å². The molecule has 0 spiro atoms. The highest BCUT2D eigenvalue weighted by atomic mass is 31.2. The predicted molar refractivity (Wildman–Crippen MR) is 349 cm³/mol. The second kappa shape index (κ2) is 57.9. The molecule has 0 rings (SSSR count). The first kappa shape index (κ1) is 85.1. The number of ether oxygens (including phenoxy) is 4. The van der Waals surface area contributed by atoms with E-state index in [1.807, 2.05) is 0 Å². The van der Waals surface area contributed by atoms with Gasteiger partial charge in [0.25, 0.3) is 0 Å². The summed E-state index contributed by atoms with van der Waals surface area (Å²) in [6, 6.07) is 0. The van der Waals surface area contributed by atoms with Crippen molar-refractivity contribution in [1.29, 1.82) is 0 Å². The van der Waals surface area contributed by atoms with Crippen molar-refractivity contribution in [3.63, 3.8) is 0 Å². The first-order valence-corrected chi connectivity index (χ1v) is 38.3. The first-order chi connectivity index (χ1) is 41.7. The van der Waals surface area contributed by atoms with Crippen molar-refractivity contribution in [2.75, 3.05) is 39.6 Å². The molecule has 0 aromatic carbocycles. The normalized spacial score (nSPS) is 15.3. The van der Waals surface area contributed by atoms with Crippen LogP contribution in [0.4, 0.5) is 0 Å². The molecule has 0 saturated carbocycles. The van der Waals surface area contributed by atoms with Crippen LogP contribution in [-0.2, 0) is 65.4 Å². The lowest BCUT2D eigenvalue weighted by Gasteiger charge is -2.21. The van der Waals surface area contributed by atoms with E-state index in [1.165, 1.54) is 128 Å². The fourth-order valence-corrected chi connectivity index (χ4v) is 11.6. The summed E-state index contributed by atoms with van der Waals surface area (Å²) in [5, 5.41) is 10.6. The van der Waals surface area contributed by atoms with Crippen LogP contribution in [0.15, 0.2) is 0 Å². The maximum Gasteiger partial charge on any atom is 0.472 e. The lowest BCUT2D eigenvalue weighted by Crippen LogP contribution is -2.30. The van der Waals surface area contributed by atoms with E-state index in [9.17, 15) is 43.2 Å². The van der Waals surface area contributed by atoms with Gasteiger partial charge in [0.15, 0.2) is 12.2 Å². The number of rotatable bonds is 65. The minimum Gasteiger partial charge on any atom is -0.462 e. The number of hydrogen-bond donors (Lipinski definition) is 3. The summed E-state index contributed by atoms with van der Waals surface area (Å²) in [5.74, 6) is 0.877. The number of carbonyl (C=O) groups is 4. The largest absolute Gasteiger partial charge is 0.472 e. The van der Waals surface area contributed by atoms with E-state index in [1.54, 1.807) is 0 Å². The highest BCUT2D eigenvalue weighted by Crippen LogP contribution is 2.45. The lowest BCUT2D eigenvalue weighted by atomic mass is 9.99. The maximum atomic E-state index is 13.0. The molecule has 0 aromatic heterocycles. The van der Waals surface area contributed by atoms with Gasteiger partial charge in [0.1, 0.15) is 19.3 Å². The van der Waals surface area contributed by atoms with Gasteiger partial charge in [0.2, 0.25) is 0 Å². The molecule has 5 unspecified atom stereocenters. The highest BCUT2D eigenvalue weighted by Gasteiger charge is 2.30. The second-order valence-electron chi connectivity index (χ2n) is 25.8. The van der Waals surface area contributed by atoms with Crippen LogP contribution in [0.25, 0.3) is 0 Å². The Morgan fingerprint density at radius 1 is 0.322 bits per heavy atom. The van der Waals surface area contributed by atoms with Crippen molar-refractivity contribution >= 4 is 39.5 Å². The molecule has 0 amide bonds. The Kier molecular flexibility index (Phi) is 56.6. The third-order valence-electron chi connectivity index (χ3n) is 16.7. The van der Waals surface area contributed by atoms with E-state index in [-0.39, 0.29) is 25.7 Å². The quantitative estimate of drug-likeness (QED) is 0.0222. The second-order valence-corrected chi connectivity index (χ2v) is 28.7. The van der Waals surface area contributed by atoms with Crippen molar-refractivity contribution < 1.29 is 80.2 Å². The number of carbonyl (C=O) groups excluding carboxylic acids is 4. The molecule has 0 saturated heterocycles. The van der Waals surface area contributed by atoms with E-state index in [2.05, 4.69) is 55.4 Å². The van der Waals surface area contributed by atoms with E-state index in [4.69, 9.17) is 37.0 Å². The summed E-state index contributed by atoms with van der Waals surface area (Å²) in [7, 11) is -9.90. The molecule has 0 radical (unpaired) electrons. The van der Waals surface area contributed by atoms with Crippen molar-refractivity contribution in [1.82, 2.24) is 0 Å². The zero-order chi connectivity index (χ0) is 64.7. The molecule has 0 bridgehead atoms. The Morgan fingerprint density at radius 3 is 0.816 bits per heavy atom. The van der Waals surface area contributed by atoms with Gasteiger partial charge in [-0.2, -0.15) is 0 Å². The Bertz CT molecular complexity index is 1740. The van der Waals surface area contributed by atoms with Gasteiger partial charge in [0.05, 0.1) is 26.4 Å². The van der Waals surface area contributed by atoms with Crippen LogP contribution in [0.2, 0.25) is 0 Å². The zero-order valence-electron chi connectivity index (χ0n) is 56.6. The van der Waals surface area contributed by atoms with E-state index < -0.39 is 97.5 Å². The molecule has 0 aliphatic carbocycles. The van der Waals surface area contributed by atoms with Crippen LogP contribution in [-0.4, -0.2) is 96.7 Å². The molecule has 0 fully saturated rings. The average molecular weight is 1280 g/mol. The molecule has 0 heterocycles. The molecule has 0 aromatic rings. The van der Waals surface area contributed by atoms with Gasteiger partial charge in [-0.05, 0) is 49.4 Å². The van der Waals surface area contributed by atoms with Crippen LogP contribution in [0.3, 0.4) is 0 Å². The summed E-state index contributed by atoms with van der Waals surface area (Å²) in [4.78, 5) is 72.4. The number of hydrogen-bond acceptors (Lipinski definition) is 15. The molecule has 17 nitrogen and oxygen atoms in total. The summed E-state index contributed by atoms with van der Waals surface area (Å²) < 4.78 is 68.2. The number of phosphoric acid groups is 2. The molecule has 19 heteroatoms. The minimum atomic E-state index is -4.95. The van der Waals surface area contributed by atoms with Crippen molar-refractivity contribution in [3.05, 3.63) is 0 Å². The number of phosphoric ester groups is 2. The maximum absolute atomic E-state index is 13.0. The Labute approximate surface area is 530 Å². The fourth-order valence-electron chi connectivity index (χ4n) is 10.0. The molecule has 87 heavy (non-hydrogen) atoms. The number of esters is 4. The Hall–Kier alpha value is -1.94. The summed E-state index contributed by atoms with van der Waals surface area (Å²) >= 11 is 0. The molecular weight excluding hydrogens is 1150 g/mol. The van der Waals surface area contributed by atoms with Crippen molar-refractivity contribution in [2.45, 2.75) is 350 Å². The highest BCUT2D eigenvalue weighted by molar-refractivity contribution is 7.47. The Morgan fingerprint density at radius 2 is 0.552 bits per heavy atom. The monoisotopic (exact) mass is 1280 g/mol. The van der Waals surface area contributed by atoms with Crippen molar-refractivity contribution in [2.24, 2.45) is 23.7 Å². The molecular formula is C68H132O17P2. The van der Waals surface area contributed by atoms with Gasteiger partial charge in [-0.15, -0.1) is 0 Å². The van der Waals surface area contributed by atoms with Gasteiger partial charge in [-0.1, -0.05) is 280 Å². The van der Waals surface area contributed by atoms with Gasteiger partial charge in [-0.25, -0.2) is 9.13 Å². The van der Waals surface area contributed by atoms with Gasteiger partial charge in [-0.3, -0.25) is 37.3 Å². The lowest BCUT2D eigenvalue weighted by molar-refractivity contribution is -0.161. The molecule has 3 N–H and O–H groups in total. The summed E-state index contributed by atoms with van der Waals surface area (Å²) in [5.41, 5.74) is 0. The van der Waals surface area contributed by atoms with E-state index >= 15 is 0 Å². The molecule has 0 aliphatic heterocycles. The Balaban J connectivity index is 5.27. The van der Waals surface area contributed by atoms with E-state index in [0.29, 0.717) is 25.7 Å². The van der Waals surface area contributed by atoms with Gasteiger partial charge in [0, 0.05) is 25.7 Å². The first-order valence-electron chi connectivity index (χ1n) is 35.3. The van der Waals surface area contributed by atoms with Crippen LogP contribution < -0.4 is 0 Å². The zero-order valence-corrected chi connectivity index (χ0v) is 58.4. The summed E-state index contributed by atoms with van der Waals surface area (Å²) in [6.07, 6.45) is 38.9. The van der Waals surface area contributed by atoms with E-state index in [0.717, 1.165) is 120 Å². The van der Waals surface area contributed by atoms with Crippen molar-refractivity contribution in [3.8, 4) is 0 Å². The number of unbranched alkanes of at least 4 members (excludes halogenated alkanes) is 28. The summed E-state index contributed by atoms with van der Waals surface area (Å²) in [6.45, 7) is 14.1. The predicted octanol–water partition coefficient (Wildman–Crippen LogP) is 18.9. The third kappa shape index (κ3) is 58.9. The standard InChI is InChI=1S/C68H132O17P2/c1-9-59(6)45-37-29-21-17-13-15-19-23-34-42-50-67(72)84-63(54-78-65(70)48-40-32-22-18-14-12-16-20-28-36-44-58(4)5)56-82-86(74,75)80-52-62(69)53-81-87(76,77)83-57-64(85-68(73)51-43-35-27-25-31-39-47-61(8)11-3)55-79-66(71)49-41-33-26-24-30-38-46-60(7)10-2/h58-64,69H,9-57H2,1-8H3,(H,74,75)(H,76,77)/t59?,60?,61?,62-,63-,64-/m1/s1. The fraction of sp³-hybridized carbons (Fsp3) is 0.941. The average Bonchev–Trinajstić information content (AvgIpc) is 3.67. The smallest absolute Gasteiger partial charge is 0.462 e. The number of aliphatic hydroxyl groups is 1. The van der Waals surface area contributed by atoms with Crippen LogP contribution in [0.1, 0.15) is 331 Å².